The van der Waals surface area contributed by atoms with Gasteiger partial charge < -0.3 is 15.6 Å². The van der Waals surface area contributed by atoms with E-state index in [1.807, 2.05) is 60.7 Å². The van der Waals surface area contributed by atoms with Crippen LogP contribution in [0.1, 0.15) is 16.7 Å². The van der Waals surface area contributed by atoms with Gasteiger partial charge in [-0.1, -0.05) is 115 Å². The summed E-state index contributed by atoms with van der Waals surface area (Å²) in [5.74, 6) is 0. The molecule has 0 fully saturated rings. The summed E-state index contributed by atoms with van der Waals surface area (Å²) in [5, 5.41) is 11.0. The van der Waals surface area contributed by atoms with E-state index in [2.05, 4.69) is 95.2 Å². The third kappa shape index (κ3) is 5.07. The molecule has 42 heavy (non-hydrogen) atoms. The average molecular weight is 546 g/mol. The van der Waals surface area contributed by atoms with E-state index in [9.17, 15) is 0 Å². The molecule has 3 N–H and O–H groups in total. The molecule has 0 aliphatic rings. The van der Waals surface area contributed by atoms with Crippen LogP contribution in [0, 0.1) is 5.41 Å². The van der Waals surface area contributed by atoms with Crippen molar-refractivity contribution in [3.8, 4) is 16.8 Å². The Morgan fingerprint density at radius 2 is 1.14 bits per heavy atom. The smallest absolute Gasteiger partial charge is 0.212 e. The average Bonchev–Trinajstić information content (AvgIpc) is 3.67. The highest BCUT2D eigenvalue weighted by atomic mass is 16.3. The number of nitrogens with two attached hydrogens (primary N) is 1. The van der Waals surface area contributed by atoms with E-state index >= 15 is 0 Å². The summed E-state index contributed by atoms with van der Waals surface area (Å²) in [6.45, 7) is 0. The number of benzene rings is 5. The molecule has 2 heterocycles. The number of aromatic nitrogens is 1. The van der Waals surface area contributed by atoms with Crippen LogP contribution in [0.4, 0.5) is 0 Å². The van der Waals surface area contributed by atoms with Crippen molar-refractivity contribution >= 4 is 33.3 Å². The molecule has 0 atom stereocenters. The lowest BCUT2D eigenvalue weighted by Gasteiger charge is -2.12. The van der Waals surface area contributed by atoms with Gasteiger partial charge in [0.15, 0.2) is 0 Å². The van der Waals surface area contributed by atoms with Crippen molar-refractivity contribution in [1.29, 1.82) is 5.41 Å². The quantitative estimate of drug-likeness (QED) is 0.205. The number of hydrogen-bond donors (Lipinski definition) is 2. The van der Waals surface area contributed by atoms with Gasteiger partial charge in [-0.15, -0.1) is 0 Å². The van der Waals surface area contributed by atoms with Crippen LogP contribution < -0.4 is 5.73 Å². The number of para-hydroxylation sites is 1. The number of nitrogens with one attached hydrogen (secondary N) is 1. The predicted octanol–water partition coefficient (Wildman–Crippen LogP) is 9.12. The van der Waals surface area contributed by atoms with Crippen LogP contribution in [0.5, 0.6) is 0 Å². The molecule has 7 rings (SSSR count). The molecule has 0 aliphatic heterocycles. The minimum atomic E-state index is 0.488. The van der Waals surface area contributed by atoms with E-state index in [0.29, 0.717) is 5.71 Å². The first-order valence-electron chi connectivity index (χ1n) is 13.9. The lowest BCUT2D eigenvalue weighted by atomic mass is 9.93. The summed E-state index contributed by atoms with van der Waals surface area (Å²) in [6, 6.07) is 47.8. The molecular formula is C38H31N3O. The lowest BCUT2D eigenvalue weighted by molar-refractivity contribution is 0.596. The van der Waals surface area contributed by atoms with E-state index in [4.69, 9.17) is 9.83 Å². The van der Waals surface area contributed by atoms with Crippen molar-refractivity contribution in [3.63, 3.8) is 0 Å². The molecule has 0 saturated heterocycles. The topological polar surface area (TPSA) is 67.9 Å². The fourth-order valence-corrected chi connectivity index (χ4v) is 5.38. The van der Waals surface area contributed by atoms with Gasteiger partial charge in [-0.05, 0) is 70.8 Å². The van der Waals surface area contributed by atoms with Crippen molar-refractivity contribution in [1.82, 2.24) is 4.57 Å². The minimum Gasteiger partial charge on any atom is -0.447 e. The molecule has 7 aromatic rings. The molecule has 0 unspecified atom stereocenters. The van der Waals surface area contributed by atoms with Gasteiger partial charge in [-0.25, -0.2) is 0 Å². The fraction of sp³-hybridized carbons (Fsp3) is 0.0263. The van der Waals surface area contributed by atoms with Gasteiger partial charge in [0, 0.05) is 16.5 Å². The monoisotopic (exact) mass is 545 g/mol. The maximum Gasteiger partial charge on any atom is 0.212 e. The molecule has 0 spiro atoms. The zero-order valence-corrected chi connectivity index (χ0v) is 23.4. The van der Waals surface area contributed by atoms with Crippen LogP contribution in [0.25, 0.3) is 44.4 Å². The normalized spacial score (nSPS) is 11.3. The Bertz CT molecular complexity index is 1980. The Morgan fingerprint density at radius 3 is 1.81 bits per heavy atom. The Morgan fingerprint density at radius 1 is 0.595 bits per heavy atom. The maximum absolute atomic E-state index is 8.72. The summed E-state index contributed by atoms with van der Waals surface area (Å²) in [6.07, 6.45) is 3.72. The molecule has 0 radical (unpaired) electrons. The highest BCUT2D eigenvalue weighted by Gasteiger charge is 2.14. The largest absolute Gasteiger partial charge is 0.447 e. The Kier molecular flexibility index (Phi) is 7.62. The predicted molar refractivity (Wildman–Crippen MR) is 175 cm³/mol. The van der Waals surface area contributed by atoms with Crippen LogP contribution in [0.3, 0.4) is 0 Å². The number of hydrogen-bond acceptors (Lipinski definition) is 3. The number of fused-ring (bicyclic) bond motifs is 3. The minimum absolute atomic E-state index is 0.488. The summed E-state index contributed by atoms with van der Waals surface area (Å²) in [4.78, 5) is 0. The first-order valence-corrected chi connectivity index (χ1v) is 13.9. The number of nitrogens with zero attached hydrogens (tertiary/aromatic N) is 1. The third-order valence-electron chi connectivity index (χ3n) is 7.40. The van der Waals surface area contributed by atoms with E-state index in [0.717, 1.165) is 55.7 Å². The maximum atomic E-state index is 8.72. The number of allylic oxidation sites excluding steroid dienone is 1. The molecular weight excluding hydrogens is 514 g/mol. The van der Waals surface area contributed by atoms with Gasteiger partial charge in [0.25, 0.3) is 0 Å². The summed E-state index contributed by atoms with van der Waals surface area (Å²) >= 11 is 0. The molecule has 0 amide bonds. The molecule has 204 valence electrons. The number of furan rings is 1. The van der Waals surface area contributed by atoms with Gasteiger partial charge in [-0.3, -0.25) is 4.57 Å². The van der Waals surface area contributed by atoms with E-state index in [1.165, 1.54) is 12.4 Å². The van der Waals surface area contributed by atoms with Gasteiger partial charge in [0.1, 0.15) is 0 Å². The van der Waals surface area contributed by atoms with Crippen LogP contribution >= 0.6 is 0 Å². The first kappa shape index (κ1) is 26.8. The SMILES string of the molecule is CN.N=C(/C=C(/c1ccccc1)c1ccc(-c2ccc(-n3c4ccccc4c4ccoc43)cc2)cc1)c1ccccc1. The molecule has 0 aliphatic carbocycles. The second kappa shape index (κ2) is 12.0. The molecule has 4 nitrogen and oxygen atoms in total. The second-order valence-electron chi connectivity index (χ2n) is 9.82. The van der Waals surface area contributed by atoms with Crippen LogP contribution in [-0.4, -0.2) is 17.3 Å². The van der Waals surface area contributed by atoms with Crippen LogP contribution in [0.15, 0.2) is 156 Å². The zero-order valence-electron chi connectivity index (χ0n) is 23.4. The zero-order chi connectivity index (χ0) is 28.9. The van der Waals surface area contributed by atoms with Crippen molar-refractivity contribution in [2.45, 2.75) is 0 Å². The summed E-state index contributed by atoms with van der Waals surface area (Å²) < 4.78 is 8.05. The standard InChI is InChI=1S/C37H26N2O.CH5N/c38-35(30-11-5-2-6-12-30)25-34(28-9-3-1-4-10-28)29-17-15-26(16-18-29)27-19-21-31(22-20-27)39-36-14-8-7-13-32(36)33-23-24-40-37(33)39;1-2/h1-25,38H;2H2,1H3/b34-25-,38-35?;. The van der Waals surface area contributed by atoms with Crippen molar-refractivity contribution < 1.29 is 4.42 Å². The Balaban J connectivity index is 0.00000155. The van der Waals surface area contributed by atoms with Crippen molar-refractivity contribution in [2.24, 2.45) is 5.73 Å². The highest BCUT2D eigenvalue weighted by Crippen LogP contribution is 2.33. The van der Waals surface area contributed by atoms with Gasteiger partial charge in [-0.2, -0.15) is 0 Å². The summed E-state index contributed by atoms with van der Waals surface area (Å²) in [7, 11) is 1.50. The molecule has 0 saturated carbocycles. The van der Waals surface area contributed by atoms with Gasteiger partial charge in [0.2, 0.25) is 5.71 Å². The summed E-state index contributed by atoms with van der Waals surface area (Å²) in [5.41, 5.74) is 14.4. The van der Waals surface area contributed by atoms with E-state index in [-0.39, 0.29) is 0 Å². The van der Waals surface area contributed by atoms with Gasteiger partial charge in [0.05, 0.1) is 17.5 Å². The molecule has 0 bridgehead atoms. The third-order valence-corrected chi connectivity index (χ3v) is 7.40. The molecule has 4 heteroatoms. The fourth-order valence-electron chi connectivity index (χ4n) is 5.38. The second-order valence-corrected chi connectivity index (χ2v) is 9.82. The first-order chi connectivity index (χ1) is 20.8. The van der Waals surface area contributed by atoms with E-state index in [1.54, 1.807) is 6.26 Å². The van der Waals surface area contributed by atoms with Crippen molar-refractivity contribution in [3.05, 3.63) is 169 Å². The Labute approximate surface area is 245 Å². The van der Waals surface area contributed by atoms with Crippen LogP contribution in [-0.2, 0) is 0 Å². The highest BCUT2D eigenvalue weighted by molar-refractivity contribution is 6.12. The molecule has 2 aromatic heterocycles. The Hall–Kier alpha value is -5.45. The molecule has 5 aromatic carbocycles. The number of rotatable bonds is 6. The van der Waals surface area contributed by atoms with Gasteiger partial charge >= 0.3 is 0 Å². The lowest BCUT2D eigenvalue weighted by Crippen LogP contribution is -1.98. The van der Waals surface area contributed by atoms with Crippen LogP contribution in [0.2, 0.25) is 0 Å². The van der Waals surface area contributed by atoms with Crippen molar-refractivity contribution in [2.75, 3.05) is 7.05 Å². The van der Waals surface area contributed by atoms with E-state index < -0.39 is 0 Å².